The van der Waals surface area contributed by atoms with Crippen molar-refractivity contribution in [3.8, 4) is 28.4 Å². The third kappa shape index (κ3) is 7.17. The molecule has 0 saturated carbocycles. The Hall–Kier alpha value is -5.11. The van der Waals surface area contributed by atoms with E-state index >= 15 is 0 Å². The van der Waals surface area contributed by atoms with Crippen LogP contribution >= 0.6 is 0 Å². The first-order valence-electron chi connectivity index (χ1n) is 13.9. The Morgan fingerprint density at radius 2 is 1.44 bits per heavy atom. The van der Waals surface area contributed by atoms with E-state index in [1.165, 1.54) is 31.4 Å². The molecule has 1 saturated heterocycles. The molecule has 5 rings (SSSR count). The predicted molar refractivity (Wildman–Crippen MR) is 151 cm³/mol. The topological polar surface area (TPSA) is 172 Å². The Bertz CT molecular complexity index is 1680. The van der Waals surface area contributed by atoms with Gasteiger partial charge >= 0.3 is 23.9 Å². The van der Waals surface area contributed by atoms with E-state index in [2.05, 4.69) is 0 Å². The fourth-order valence-corrected chi connectivity index (χ4v) is 5.01. The zero-order valence-electron chi connectivity index (χ0n) is 24.8. The molecule has 2 aliphatic heterocycles. The summed E-state index contributed by atoms with van der Waals surface area (Å²) in [6.07, 6.45) is -5.49. The van der Waals surface area contributed by atoms with Crippen LogP contribution in [0.15, 0.2) is 51.9 Å². The van der Waals surface area contributed by atoms with Gasteiger partial charge in [0.2, 0.25) is 12.4 Å². The summed E-state index contributed by atoms with van der Waals surface area (Å²) in [5, 5.41) is 0.247. The van der Waals surface area contributed by atoms with E-state index in [0.29, 0.717) is 35.8 Å². The molecule has 3 heterocycles. The van der Waals surface area contributed by atoms with Gasteiger partial charge in [-0.2, -0.15) is 0 Å². The van der Waals surface area contributed by atoms with Crippen LogP contribution in [0.3, 0.4) is 0 Å². The van der Waals surface area contributed by atoms with Crippen molar-refractivity contribution in [1.82, 2.24) is 0 Å². The minimum absolute atomic E-state index is 0.124. The summed E-state index contributed by atoms with van der Waals surface area (Å²) in [7, 11) is 0. The number of hydrogen-bond donors (Lipinski definition) is 0. The van der Waals surface area contributed by atoms with E-state index < -0.39 is 61.2 Å². The lowest BCUT2D eigenvalue weighted by Gasteiger charge is -2.43. The molecule has 3 aromatic rings. The van der Waals surface area contributed by atoms with Gasteiger partial charge in [0.1, 0.15) is 43.5 Å². The van der Waals surface area contributed by atoms with E-state index in [9.17, 15) is 24.0 Å². The number of rotatable bonds is 8. The maximum Gasteiger partial charge on any atom is 0.303 e. The molecule has 0 spiro atoms. The molecular weight excluding hydrogens is 596 g/mol. The van der Waals surface area contributed by atoms with Gasteiger partial charge in [0.25, 0.3) is 0 Å². The third-order valence-electron chi connectivity index (χ3n) is 6.80. The predicted octanol–water partition coefficient (Wildman–Crippen LogP) is 2.69. The summed E-state index contributed by atoms with van der Waals surface area (Å²) in [6.45, 7) is 4.96. The van der Waals surface area contributed by atoms with Crippen molar-refractivity contribution in [2.24, 2.45) is 0 Å². The maximum atomic E-state index is 13.4. The molecule has 0 amide bonds. The van der Waals surface area contributed by atoms with Gasteiger partial charge < -0.3 is 42.3 Å². The molecule has 0 radical (unpaired) electrons. The van der Waals surface area contributed by atoms with Gasteiger partial charge in [-0.15, -0.1) is 0 Å². The van der Waals surface area contributed by atoms with Gasteiger partial charge in [0, 0.05) is 33.8 Å². The first-order chi connectivity index (χ1) is 21.5. The Morgan fingerprint density at radius 1 is 0.778 bits per heavy atom. The van der Waals surface area contributed by atoms with Crippen LogP contribution in [0.4, 0.5) is 0 Å². The van der Waals surface area contributed by atoms with Crippen LogP contribution in [0.2, 0.25) is 0 Å². The minimum Gasteiger partial charge on any atom is -0.486 e. The largest absolute Gasteiger partial charge is 0.486 e. The molecular formula is C31H30O14. The number of carbonyl (C=O) groups excluding carboxylic acids is 4. The van der Waals surface area contributed by atoms with Crippen LogP contribution in [0.25, 0.3) is 22.1 Å². The van der Waals surface area contributed by atoms with Crippen LogP contribution < -0.4 is 19.6 Å². The second kappa shape index (κ2) is 13.3. The Balaban J connectivity index is 1.47. The van der Waals surface area contributed by atoms with Crippen molar-refractivity contribution in [2.45, 2.75) is 58.4 Å². The van der Waals surface area contributed by atoms with Crippen molar-refractivity contribution in [1.29, 1.82) is 0 Å². The van der Waals surface area contributed by atoms with Crippen molar-refractivity contribution in [3.63, 3.8) is 0 Å². The van der Waals surface area contributed by atoms with E-state index in [1.54, 1.807) is 18.2 Å². The third-order valence-corrected chi connectivity index (χ3v) is 6.80. The number of hydrogen-bond acceptors (Lipinski definition) is 14. The SMILES string of the molecule is CC(=O)OC[C@@H]1O[C@H](Oc2ccc3c(=O)c(-c4ccc5c(c4)OCCO5)coc3c2)[C@@H](OC(C)=O)[C@H](OC(C)=O)[C@H]1OC(C)=O. The van der Waals surface area contributed by atoms with Gasteiger partial charge in [-0.3, -0.25) is 24.0 Å². The summed E-state index contributed by atoms with van der Waals surface area (Å²) in [5.74, 6) is -1.73. The van der Waals surface area contributed by atoms with Crippen molar-refractivity contribution >= 4 is 34.8 Å². The van der Waals surface area contributed by atoms with Crippen LogP contribution in [0, 0.1) is 0 Å². The molecule has 0 N–H and O–H groups in total. The van der Waals surface area contributed by atoms with E-state index in [-0.39, 0.29) is 22.1 Å². The summed E-state index contributed by atoms with van der Waals surface area (Å²) in [4.78, 5) is 61.1. The molecule has 0 unspecified atom stereocenters. The Labute approximate surface area is 256 Å². The Kier molecular flexibility index (Phi) is 9.23. The summed E-state index contributed by atoms with van der Waals surface area (Å²) in [5.41, 5.74) is 0.733. The molecule has 2 aromatic carbocycles. The molecule has 2 aliphatic rings. The quantitative estimate of drug-likeness (QED) is 0.264. The standard InChI is InChI=1S/C31H30O14/c1-15(32)39-14-26-28(41-16(2)33)29(42-17(3)34)30(43-18(4)35)31(45-26)44-20-6-7-21-24(12-20)40-13-22(27(21)36)19-5-8-23-25(11-19)38-10-9-37-23/h5-8,11-13,26,28-31H,9-10,14H2,1-4H3/t26-,28-,29+,30-,31-/m0/s1. The molecule has 45 heavy (non-hydrogen) atoms. The molecule has 0 aliphatic carbocycles. The van der Waals surface area contributed by atoms with Gasteiger partial charge in [0.05, 0.1) is 10.9 Å². The zero-order chi connectivity index (χ0) is 32.2. The van der Waals surface area contributed by atoms with E-state index in [1.807, 2.05) is 0 Å². The zero-order valence-corrected chi connectivity index (χ0v) is 24.8. The maximum absolute atomic E-state index is 13.4. The minimum atomic E-state index is -1.45. The van der Waals surface area contributed by atoms with Crippen LogP contribution in [-0.2, 0) is 42.9 Å². The molecule has 1 fully saturated rings. The summed E-state index contributed by atoms with van der Waals surface area (Å²) >= 11 is 0. The summed E-state index contributed by atoms with van der Waals surface area (Å²) < 4.78 is 50.3. The van der Waals surface area contributed by atoms with Crippen LogP contribution in [-0.4, -0.2) is 74.4 Å². The van der Waals surface area contributed by atoms with Gasteiger partial charge in [-0.25, -0.2) is 0 Å². The smallest absolute Gasteiger partial charge is 0.303 e. The second-order valence-corrected chi connectivity index (χ2v) is 10.2. The van der Waals surface area contributed by atoms with Crippen molar-refractivity contribution in [3.05, 3.63) is 52.9 Å². The molecule has 14 nitrogen and oxygen atoms in total. The number of esters is 4. The first-order valence-corrected chi connectivity index (χ1v) is 13.9. The monoisotopic (exact) mass is 626 g/mol. The van der Waals surface area contributed by atoms with Crippen LogP contribution in [0.1, 0.15) is 27.7 Å². The molecule has 0 bridgehead atoms. The molecule has 14 heteroatoms. The molecule has 238 valence electrons. The highest BCUT2D eigenvalue weighted by Gasteiger charge is 2.53. The van der Waals surface area contributed by atoms with E-state index in [0.717, 1.165) is 20.8 Å². The average molecular weight is 627 g/mol. The lowest BCUT2D eigenvalue weighted by molar-refractivity contribution is -0.288. The van der Waals surface area contributed by atoms with Gasteiger partial charge in [0.15, 0.2) is 29.1 Å². The molecule has 1 aromatic heterocycles. The Morgan fingerprint density at radius 3 is 2.13 bits per heavy atom. The number of carbonyl (C=O) groups is 4. The van der Waals surface area contributed by atoms with E-state index in [4.69, 9.17) is 42.3 Å². The highest BCUT2D eigenvalue weighted by molar-refractivity contribution is 5.83. The molecule has 5 atom stereocenters. The van der Waals surface area contributed by atoms with Gasteiger partial charge in [-0.05, 0) is 29.8 Å². The first kappa shape index (κ1) is 31.3. The number of fused-ring (bicyclic) bond motifs is 2. The normalized spacial score (nSPS) is 22.2. The fourth-order valence-electron chi connectivity index (χ4n) is 5.01. The second-order valence-electron chi connectivity index (χ2n) is 10.2. The average Bonchev–Trinajstić information content (AvgIpc) is 2.98. The summed E-state index contributed by atoms with van der Waals surface area (Å²) in [6, 6.07) is 9.54. The lowest BCUT2D eigenvalue weighted by Crippen LogP contribution is -2.63. The highest BCUT2D eigenvalue weighted by atomic mass is 16.7. The van der Waals surface area contributed by atoms with Crippen molar-refractivity contribution in [2.75, 3.05) is 19.8 Å². The number of benzene rings is 2. The van der Waals surface area contributed by atoms with Gasteiger partial charge in [-0.1, -0.05) is 6.07 Å². The number of ether oxygens (including phenoxy) is 8. The fraction of sp³-hybridized carbons (Fsp3) is 0.387. The highest BCUT2D eigenvalue weighted by Crippen LogP contribution is 2.35. The van der Waals surface area contributed by atoms with Crippen molar-refractivity contribution < 1.29 is 61.5 Å². The van der Waals surface area contributed by atoms with Crippen LogP contribution in [0.5, 0.6) is 17.2 Å². The lowest BCUT2D eigenvalue weighted by atomic mass is 9.98.